The molecule has 102 valence electrons. The zero-order valence-electron chi connectivity index (χ0n) is 10.2. The first-order valence-corrected chi connectivity index (χ1v) is 5.95. The van der Waals surface area contributed by atoms with Crippen LogP contribution in [0.3, 0.4) is 0 Å². The van der Waals surface area contributed by atoms with Crippen LogP contribution >= 0.6 is 0 Å². The lowest BCUT2D eigenvalue weighted by Gasteiger charge is -2.11. The smallest absolute Gasteiger partial charge is 0.299 e. The molecular formula is C11H14N4O4. The van der Waals surface area contributed by atoms with Crippen molar-refractivity contribution in [3.05, 3.63) is 38.4 Å². The Morgan fingerprint density at radius 1 is 1.32 bits per heavy atom. The molecule has 1 saturated heterocycles. The van der Waals surface area contributed by atoms with Crippen LogP contribution in [-0.2, 0) is 0 Å². The average molecular weight is 266 g/mol. The Morgan fingerprint density at radius 2 is 2.11 bits per heavy atom. The number of anilines is 1. The summed E-state index contributed by atoms with van der Waals surface area (Å²) in [7, 11) is 0. The molecule has 1 aliphatic rings. The van der Waals surface area contributed by atoms with Crippen molar-refractivity contribution >= 4 is 17.1 Å². The minimum absolute atomic E-state index is 0.264. The zero-order valence-corrected chi connectivity index (χ0v) is 10.2. The molecule has 0 radical (unpaired) electrons. The quantitative estimate of drug-likeness (QED) is 0.617. The van der Waals surface area contributed by atoms with Gasteiger partial charge in [0.2, 0.25) is 0 Å². The highest BCUT2D eigenvalue weighted by atomic mass is 16.6. The summed E-state index contributed by atoms with van der Waals surface area (Å²) >= 11 is 0. The molecule has 1 aromatic rings. The number of non-ortho nitro benzene ring substituents is 1. The van der Waals surface area contributed by atoms with Crippen molar-refractivity contribution in [2.75, 3.05) is 25.0 Å². The lowest BCUT2D eigenvalue weighted by molar-refractivity contribution is -0.393. The minimum Gasteiger partial charge on any atom is -0.379 e. The van der Waals surface area contributed by atoms with E-state index in [-0.39, 0.29) is 11.4 Å². The SMILES string of the molecule is O=[N+]([O-])c1ccc(NCC2CCNC2)c([N+](=O)[O-])c1. The number of hydrogen-bond acceptors (Lipinski definition) is 6. The molecule has 1 aromatic carbocycles. The molecule has 0 spiro atoms. The van der Waals surface area contributed by atoms with Gasteiger partial charge in [-0.15, -0.1) is 0 Å². The van der Waals surface area contributed by atoms with Crippen molar-refractivity contribution in [2.24, 2.45) is 5.92 Å². The van der Waals surface area contributed by atoms with E-state index in [4.69, 9.17) is 0 Å². The largest absolute Gasteiger partial charge is 0.379 e. The fraction of sp³-hybridized carbons (Fsp3) is 0.455. The fourth-order valence-electron chi connectivity index (χ4n) is 2.08. The third kappa shape index (κ3) is 3.16. The Labute approximate surface area is 109 Å². The molecule has 1 atom stereocenters. The summed E-state index contributed by atoms with van der Waals surface area (Å²) in [6.07, 6.45) is 1.02. The lowest BCUT2D eigenvalue weighted by Crippen LogP contribution is -2.17. The number of rotatable bonds is 5. The van der Waals surface area contributed by atoms with Crippen molar-refractivity contribution in [2.45, 2.75) is 6.42 Å². The molecule has 1 heterocycles. The molecule has 1 unspecified atom stereocenters. The van der Waals surface area contributed by atoms with Gasteiger partial charge in [-0.25, -0.2) is 0 Å². The topological polar surface area (TPSA) is 110 Å². The minimum atomic E-state index is -0.641. The summed E-state index contributed by atoms with van der Waals surface area (Å²) in [5, 5.41) is 27.7. The Bertz CT molecular complexity index is 499. The average Bonchev–Trinajstić information content (AvgIpc) is 2.89. The van der Waals surface area contributed by atoms with E-state index in [1.165, 1.54) is 12.1 Å². The number of nitro benzene ring substituents is 2. The highest BCUT2D eigenvalue weighted by Gasteiger charge is 2.21. The van der Waals surface area contributed by atoms with Gasteiger partial charge < -0.3 is 10.6 Å². The van der Waals surface area contributed by atoms with E-state index in [1.54, 1.807) is 0 Å². The monoisotopic (exact) mass is 266 g/mol. The first kappa shape index (κ1) is 13.2. The second-order valence-electron chi connectivity index (χ2n) is 4.46. The van der Waals surface area contributed by atoms with Gasteiger partial charge in [0.05, 0.1) is 15.9 Å². The number of nitrogens with one attached hydrogen (secondary N) is 2. The highest BCUT2D eigenvalue weighted by Crippen LogP contribution is 2.29. The Kier molecular flexibility index (Phi) is 3.91. The van der Waals surface area contributed by atoms with E-state index < -0.39 is 9.85 Å². The predicted octanol–water partition coefficient (Wildman–Crippen LogP) is 1.52. The number of hydrogen-bond donors (Lipinski definition) is 2. The van der Waals surface area contributed by atoms with Crippen molar-refractivity contribution in [1.82, 2.24) is 5.32 Å². The van der Waals surface area contributed by atoms with Crippen molar-refractivity contribution in [3.63, 3.8) is 0 Å². The molecule has 1 fully saturated rings. The van der Waals surface area contributed by atoms with Crippen LogP contribution in [-0.4, -0.2) is 29.5 Å². The first-order valence-electron chi connectivity index (χ1n) is 5.95. The number of nitrogens with zero attached hydrogens (tertiary/aromatic N) is 2. The molecule has 19 heavy (non-hydrogen) atoms. The van der Waals surface area contributed by atoms with Crippen LogP contribution in [0, 0.1) is 26.1 Å². The Balaban J connectivity index is 2.14. The van der Waals surface area contributed by atoms with Gasteiger partial charge >= 0.3 is 0 Å². The van der Waals surface area contributed by atoms with Gasteiger partial charge in [0.1, 0.15) is 5.69 Å². The van der Waals surface area contributed by atoms with Crippen LogP contribution in [0.25, 0.3) is 0 Å². The molecular weight excluding hydrogens is 252 g/mol. The van der Waals surface area contributed by atoms with E-state index in [9.17, 15) is 20.2 Å². The van der Waals surface area contributed by atoms with E-state index in [1.807, 2.05) is 0 Å². The maximum Gasteiger partial charge on any atom is 0.299 e. The second-order valence-corrected chi connectivity index (χ2v) is 4.46. The van der Waals surface area contributed by atoms with Gasteiger partial charge in [-0.1, -0.05) is 0 Å². The number of nitro groups is 2. The molecule has 1 aliphatic heterocycles. The van der Waals surface area contributed by atoms with E-state index >= 15 is 0 Å². The summed E-state index contributed by atoms with van der Waals surface area (Å²) in [4.78, 5) is 20.3. The molecule has 0 aliphatic carbocycles. The van der Waals surface area contributed by atoms with Crippen LogP contribution in [0.15, 0.2) is 18.2 Å². The summed E-state index contributed by atoms with van der Waals surface area (Å²) in [6, 6.07) is 3.64. The highest BCUT2D eigenvalue weighted by molar-refractivity contribution is 5.65. The summed E-state index contributed by atoms with van der Waals surface area (Å²) in [6.45, 7) is 2.45. The van der Waals surface area contributed by atoms with Crippen LogP contribution < -0.4 is 10.6 Å². The van der Waals surface area contributed by atoms with Gasteiger partial charge in [0.25, 0.3) is 11.4 Å². The predicted molar refractivity (Wildman–Crippen MR) is 69.2 cm³/mol. The van der Waals surface area contributed by atoms with Gasteiger partial charge in [-0.05, 0) is 31.5 Å². The van der Waals surface area contributed by atoms with Crippen LogP contribution in [0.4, 0.5) is 17.1 Å². The molecule has 2 rings (SSSR count). The van der Waals surface area contributed by atoms with Gasteiger partial charge in [-0.3, -0.25) is 20.2 Å². The van der Waals surface area contributed by atoms with Gasteiger partial charge in [0, 0.05) is 12.6 Å². The van der Waals surface area contributed by atoms with Gasteiger partial charge in [0.15, 0.2) is 0 Å². The standard InChI is InChI=1S/C11H14N4O4/c16-14(17)9-1-2-10(11(5-9)15(18)19)13-7-8-3-4-12-6-8/h1-2,5,8,12-13H,3-4,6-7H2. The first-order chi connectivity index (χ1) is 9.08. The van der Waals surface area contributed by atoms with E-state index in [2.05, 4.69) is 10.6 Å². The fourth-order valence-corrected chi connectivity index (χ4v) is 2.08. The van der Waals surface area contributed by atoms with Gasteiger partial charge in [-0.2, -0.15) is 0 Å². The maximum atomic E-state index is 10.9. The number of benzene rings is 1. The van der Waals surface area contributed by atoms with Crippen LogP contribution in [0.1, 0.15) is 6.42 Å². The second kappa shape index (κ2) is 5.61. The van der Waals surface area contributed by atoms with Crippen molar-refractivity contribution < 1.29 is 9.85 Å². The molecule has 8 heteroatoms. The molecule has 0 amide bonds. The molecule has 0 bridgehead atoms. The van der Waals surface area contributed by atoms with Crippen molar-refractivity contribution in [1.29, 1.82) is 0 Å². The van der Waals surface area contributed by atoms with Crippen LogP contribution in [0.2, 0.25) is 0 Å². The zero-order chi connectivity index (χ0) is 13.8. The summed E-state index contributed by atoms with van der Waals surface area (Å²) < 4.78 is 0. The van der Waals surface area contributed by atoms with E-state index in [0.717, 1.165) is 25.6 Å². The molecule has 2 N–H and O–H groups in total. The lowest BCUT2D eigenvalue weighted by atomic mass is 10.1. The molecule has 8 nitrogen and oxygen atoms in total. The molecule has 0 aromatic heterocycles. The third-order valence-corrected chi connectivity index (χ3v) is 3.13. The normalized spacial score (nSPS) is 18.2. The Hall–Kier alpha value is -2.22. The third-order valence-electron chi connectivity index (χ3n) is 3.13. The van der Waals surface area contributed by atoms with Crippen molar-refractivity contribution in [3.8, 4) is 0 Å². The van der Waals surface area contributed by atoms with E-state index in [0.29, 0.717) is 18.2 Å². The maximum absolute atomic E-state index is 10.9. The Morgan fingerprint density at radius 3 is 2.68 bits per heavy atom. The summed E-state index contributed by atoms with van der Waals surface area (Å²) in [5.74, 6) is 0.426. The van der Waals surface area contributed by atoms with Crippen LogP contribution in [0.5, 0.6) is 0 Å². The molecule has 0 saturated carbocycles. The summed E-state index contributed by atoms with van der Waals surface area (Å²) in [5.41, 5.74) is -0.220.